The van der Waals surface area contributed by atoms with Crippen LogP contribution in [0.3, 0.4) is 0 Å². The molecule has 0 aliphatic carbocycles. The van der Waals surface area contributed by atoms with Gasteiger partial charge in [-0.15, -0.1) is 0 Å². The molecule has 0 saturated carbocycles. The number of carboxylic acid groups (broad SMARTS) is 1. The molecule has 6 heteroatoms. The SMILES string of the molecule is CN(C)CCN(C)C(=O)Nc1cccc(CC(=O)O)c1. The van der Waals surface area contributed by atoms with Crippen molar-refractivity contribution in [1.82, 2.24) is 9.80 Å². The number of urea groups is 1. The van der Waals surface area contributed by atoms with Crippen molar-refractivity contribution in [2.24, 2.45) is 0 Å². The third-order valence-corrected chi connectivity index (χ3v) is 2.76. The molecule has 1 aromatic rings. The van der Waals surface area contributed by atoms with Crippen molar-refractivity contribution >= 4 is 17.7 Å². The zero-order chi connectivity index (χ0) is 15.1. The average molecular weight is 279 g/mol. The molecule has 1 rings (SSSR count). The Morgan fingerprint density at radius 1 is 1.20 bits per heavy atom. The second-order valence-electron chi connectivity index (χ2n) is 4.93. The molecule has 0 bridgehead atoms. The average Bonchev–Trinajstić information content (AvgIpc) is 2.35. The van der Waals surface area contributed by atoms with Crippen LogP contribution >= 0.6 is 0 Å². The number of carbonyl (C=O) groups excluding carboxylic acids is 1. The van der Waals surface area contributed by atoms with Crippen molar-refractivity contribution < 1.29 is 14.7 Å². The highest BCUT2D eigenvalue weighted by Crippen LogP contribution is 2.11. The number of anilines is 1. The number of nitrogens with one attached hydrogen (secondary N) is 1. The molecule has 0 radical (unpaired) electrons. The zero-order valence-electron chi connectivity index (χ0n) is 12.1. The molecule has 0 spiro atoms. The van der Waals surface area contributed by atoms with Gasteiger partial charge in [0.15, 0.2) is 0 Å². The lowest BCUT2D eigenvalue weighted by molar-refractivity contribution is -0.136. The van der Waals surface area contributed by atoms with Gasteiger partial charge in [0, 0.05) is 25.8 Å². The van der Waals surface area contributed by atoms with Gasteiger partial charge in [-0.3, -0.25) is 4.79 Å². The van der Waals surface area contributed by atoms with Gasteiger partial charge in [0.25, 0.3) is 0 Å². The van der Waals surface area contributed by atoms with Crippen molar-refractivity contribution in [1.29, 1.82) is 0 Å². The molecule has 20 heavy (non-hydrogen) atoms. The Morgan fingerprint density at radius 2 is 1.90 bits per heavy atom. The first-order chi connectivity index (χ1) is 9.38. The molecule has 110 valence electrons. The van der Waals surface area contributed by atoms with Crippen LogP contribution in [0.15, 0.2) is 24.3 Å². The molecule has 2 N–H and O–H groups in total. The molecule has 0 unspecified atom stereocenters. The summed E-state index contributed by atoms with van der Waals surface area (Å²) >= 11 is 0. The monoisotopic (exact) mass is 279 g/mol. The Hall–Kier alpha value is -2.08. The second kappa shape index (κ2) is 7.49. The van der Waals surface area contributed by atoms with Crippen molar-refractivity contribution in [3.8, 4) is 0 Å². The number of benzene rings is 1. The first kappa shape index (κ1) is 16.0. The van der Waals surface area contributed by atoms with E-state index in [1.54, 1.807) is 36.2 Å². The van der Waals surface area contributed by atoms with Gasteiger partial charge < -0.3 is 20.2 Å². The van der Waals surface area contributed by atoms with Crippen molar-refractivity contribution in [3.63, 3.8) is 0 Å². The van der Waals surface area contributed by atoms with E-state index >= 15 is 0 Å². The molecule has 0 aromatic heterocycles. The van der Waals surface area contributed by atoms with E-state index in [4.69, 9.17) is 5.11 Å². The van der Waals surface area contributed by atoms with Crippen molar-refractivity contribution in [3.05, 3.63) is 29.8 Å². The molecule has 0 aliphatic rings. The van der Waals surface area contributed by atoms with E-state index < -0.39 is 5.97 Å². The lowest BCUT2D eigenvalue weighted by Crippen LogP contribution is -2.36. The highest BCUT2D eigenvalue weighted by atomic mass is 16.4. The first-order valence-corrected chi connectivity index (χ1v) is 6.36. The highest BCUT2D eigenvalue weighted by molar-refractivity contribution is 5.89. The summed E-state index contributed by atoms with van der Waals surface area (Å²) in [4.78, 5) is 26.2. The Balaban J connectivity index is 2.59. The van der Waals surface area contributed by atoms with Crippen LogP contribution in [0, 0.1) is 0 Å². The van der Waals surface area contributed by atoms with Gasteiger partial charge in [-0.1, -0.05) is 12.1 Å². The number of amides is 2. The lowest BCUT2D eigenvalue weighted by atomic mass is 10.1. The summed E-state index contributed by atoms with van der Waals surface area (Å²) in [5.41, 5.74) is 1.26. The van der Waals surface area contributed by atoms with Gasteiger partial charge in [-0.2, -0.15) is 0 Å². The van der Waals surface area contributed by atoms with Crippen LogP contribution in [0.1, 0.15) is 5.56 Å². The number of carboxylic acids is 1. The summed E-state index contributed by atoms with van der Waals surface area (Å²) in [6, 6.07) is 6.65. The molecule has 0 fully saturated rings. The smallest absolute Gasteiger partial charge is 0.321 e. The van der Waals surface area contributed by atoms with E-state index in [0.717, 1.165) is 6.54 Å². The summed E-state index contributed by atoms with van der Waals surface area (Å²) < 4.78 is 0. The van der Waals surface area contributed by atoms with E-state index in [1.807, 2.05) is 19.0 Å². The maximum atomic E-state index is 11.9. The van der Waals surface area contributed by atoms with Crippen molar-refractivity contribution in [2.75, 3.05) is 39.5 Å². The molecular weight excluding hydrogens is 258 g/mol. The number of nitrogens with zero attached hydrogens (tertiary/aromatic N) is 2. The molecule has 1 aromatic carbocycles. The second-order valence-corrected chi connectivity index (χ2v) is 4.93. The number of rotatable bonds is 6. The largest absolute Gasteiger partial charge is 0.481 e. The van der Waals surface area contributed by atoms with E-state index in [9.17, 15) is 9.59 Å². The summed E-state index contributed by atoms with van der Waals surface area (Å²) in [6.07, 6.45) is -0.0554. The third-order valence-electron chi connectivity index (χ3n) is 2.76. The van der Waals surface area contributed by atoms with Crippen LogP contribution in [-0.4, -0.2) is 61.1 Å². The summed E-state index contributed by atoms with van der Waals surface area (Å²) in [6.45, 7) is 1.40. The predicted octanol–water partition coefficient (Wildman–Crippen LogP) is 1.34. The minimum atomic E-state index is -0.892. The molecular formula is C14H21N3O3. The maximum Gasteiger partial charge on any atom is 0.321 e. The maximum absolute atomic E-state index is 11.9. The van der Waals surface area contributed by atoms with E-state index in [-0.39, 0.29) is 12.5 Å². The van der Waals surface area contributed by atoms with Crippen molar-refractivity contribution in [2.45, 2.75) is 6.42 Å². The minimum absolute atomic E-state index is 0.0554. The molecule has 0 heterocycles. The molecule has 0 atom stereocenters. The van der Waals surface area contributed by atoms with Crippen LogP contribution < -0.4 is 5.32 Å². The molecule has 0 aliphatic heterocycles. The van der Waals surface area contributed by atoms with Crippen LogP contribution in [0.4, 0.5) is 10.5 Å². The number of carbonyl (C=O) groups is 2. The van der Waals surface area contributed by atoms with E-state index in [1.165, 1.54) is 0 Å². The summed E-state index contributed by atoms with van der Waals surface area (Å²) in [5, 5.41) is 11.5. The Kier molecular flexibility index (Phi) is 5.99. The van der Waals surface area contributed by atoms with Crippen LogP contribution in [0.25, 0.3) is 0 Å². The summed E-state index contributed by atoms with van der Waals surface area (Å²) in [5.74, 6) is -0.892. The van der Waals surface area contributed by atoms with Gasteiger partial charge in [-0.25, -0.2) is 4.79 Å². The molecule has 6 nitrogen and oxygen atoms in total. The fourth-order valence-corrected chi connectivity index (χ4v) is 1.60. The van der Waals surface area contributed by atoms with Gasteiger partial charge in [-0.05, 0) is 31.8 Å². The Bertz CT molecular complexity index is 474. The topological polar surface area (TPSA) is 72.9 Å². The third kappa shape index (κ3) is 5.71. The fourth-order valence-electron chi connectivity index (χ4n) is 1.60. The number of hydrogen-bond donors (Lipinski definition) is 2. The minimum Gasteiger partial charge on any atom is -0.481 e. The molecule has 0 saturated heterocycles. The van der Waals surface area contributed by atoms with E-state index in [2.05, 4.69) is 5.32 Å². The lowest BCUT2D eigenvalue weighted by Gasteiger charge is -2.20. The van der Waals surface area contributed by atoms with Gasteiger partial charge in [0.05, 0.1) is 6.42 Å². The Labute approximate surface area is 119 Å². The van der Waals surface area contributed by atoms with Gasteiger partial charge >= 0.3 is 12.0 Å². The molecule has 2 amide bonds. The van der Waals surface area contributed by atoms with Crippen LogP contribution in [0.5, 0.6) is 0 Å². The zero-order valence-corrected chi connectivity index (χ0v) is 12.1. The predicted molar refractivity (Wildman–Crippen MR) is 78.0 cm³/mol. The number of likely N-dealkylation sites (N-methyl/N-ethyl adjacent to an activating group) is 2. The fraction of sp³-hybridized carbons (Fsp3) is 0.429. The highest BCUT2D eigenvalue weighted by Gasteiger charge is 2.09. The number of aliphatic carboxylic acids is 1. The summed E-state index contributed by atoms with van der Waals surface area (Å²) in [7, 11) is 5.61. The Morgan fingerprint density at radius 3 is 2.50 bits per heavy atom. The first-order valence-electron chi connectivity index (χ1n) is 6.36. The van der Waals surface area contributed by atoms with Crippen LogP contribution in [-0.2, 0) is 11.2 Å². The van der Waals surface area contributed by atoms with Crippen LogP contribution in [0.2, 0.25) is 0 Å². The quantitative estimate of drug-likeness (QED) is 0.824. The normalized spacial score (nSPS) is 10.4. The standard InChI is InChI=1S/C14H21N3O3/c1-16(2)7-8-17(3)14(20)15-12-6-4-5-11(9-12)10-13(18)19/h4-6,9H,7-8,10H2,1-3H3,(H,15,20)(H,18,19). The van der Waals surface area contributed by atoms with E-state index in [0.29, 0.717) is 17.8 Å². The van der Waals surface area contributed by atoms with Gasteiger partial charge in [0.2, 0.25) is 0 Å². The van der Waals surface area contributed by atoms with Gasteiger partial charge in [0.1, 0.15) is 0 Å². The number of hydrogen-bond acceptors (Lipinski definition) is 3.